The van der Waals surface area contributed by atoms with E-state index in [-0.39, 0.29) is 23.0 Å². The highest BCUT2D eigenvalue weighted by Gasteiger charge is 2.50. The number of aliphatic carboxylic acids is 1. The minimum absolute atomic E-state index is 0.0769. The second kappa shape index (κ2) is 7.47. The van der Waals surface area contributed by atoms with Gasteiger partial charge in [0.15, 0.2) is 16.6 Å². The molecule has 1 aromatic rings. The number of sulfonamides is 1. The molecule has 28 heavy (non-hydrogen) atoms. The van der Waals surface area contributed by atoms with E-state index in [1.54, 1.807) is 0 Å². The Morgan fingerprint density at radius 2 is 2.07 bits per heavy atom. The maximum Gasteiger partial charge on any atom is 0.350 e. The zero-order valence-electron chi connectivity index (χ0n) is 15.6. The number of carbonyl (C=O) groups excluding carboxylic acids is 2. The highest BCUT2D eigenvalue weighted by Crippen LogP contribution is 2.32. The van der Waals surface area contributed by atoms with Gasteiger partial charge in [-0.2, -0.15) is 0 Å². The van der Waals surface area contributed by atoms with Crippen LogP contribution in [0.4, 0.5) is 5.13 Å². The fourth-order valence-corrected chi connectivity index (χ4v) is 4.27. The number of carboxylic acids is 1. The maximum atomic E-state index is 12.7. The van der Waals surface area contributed by atoms with E-state index < -0.39 is 45.2 Å². The number of nitrogens with two attached hydrogens (primary N) is 1. The number of anilines is 1. The molecule has 154 valence electrons. The topological polar surface area (TPSA) is 169 Å². The molecule has 1 aromatic heterocycles. The number of thiazole rings is 1. The second-order valence-electron chi connectivity index (χ2n) is 6.79. The van der Waals surface area contributed by atoms with E-state index >= 15 is 0 Å². The Kier molecular flexibility index (Phi) is 5.80. The van der Waals surface area contributed by atoms with Gasteiger partial charge in [0, 0.05) is 11.8 Å². The smallest absolute Gasteiger partial charge is 0.350 e. The zero-order chi connectivity index (χ0) is 21.4. The third-order valence-corrected chi connectivity index (χ3v) is 6.06. The van der Waals surface area contributed by atoms with Crippen molar-refractivity contribution in [2.75, 3.05) is 12.0 Å². The van der Waals surface area contributed by atoms with Gasteiger partial charge in [0.25, 0.3) is 0 Å². The predicted octanol–water partition coefficient (Wildman–Crippen LogP) is 0.0749. The molecule has 1 aliphatic heterocycles. The Hall–Kier alpha value is -2.54. The third-order valence-electron chi connectivity index (χ3n) is 4.16. The van der Waals surface area contributed by atoms with Crippen molar-refractivity contribution in [3.8, 4) is 0 Å². The van der Waals surface area contributed by atoms with E-state index in [1.807, 2.05) is 0 Å². The van der Waals surface area contributed by atoms with Crippen LogP contribution in [0.15, 0.2) is 10.5 Å². The van der Waals surface area contributed by atoms with Gasteiger partial charge in [-0.15, -0.1) is 11.3 Å². The SMILES string of the molecule is C[C@H]1[C@H](CC(=O)/C(=N\OC(C)(C)C(=O)O)c2csc(N)n2)C(=O)N1S(C)(=O)=O. The minimum atomic E-state index is -3.72. The fraction of sp³-hybridized carbons (Fsp3) is 0.533. The summed E-state index contributed by atoms with van der Waals surface area (Å²) < 4.78 is 23.9. The number of ketones is 1. The Morgan fingerprint density at radius 3 is 2.50 bits per heavy atom. The maximum absolute atomic E-state index is 12.7. The molecule has 13 heteroatoms. The van der Waals surface area contributed by atoms with Crippen LogP contribution in [-0.4, -0.2) is 64.1 Å². The number of aromatic nitrogens is 1. The summed E-state index contributed by atoms with van der Waals surface area (Å²) in [5.41, 5.74) is 3.65. The standard InChI is InChI=1S/C15H20N4O7S2/c1-7-8(12(21)19(7)28(4,24)25)5-10(20)11(9-6-27-14(16)17-9)18-26-15(2,3)13(22)23/h6-8H,5H2,1-4H3,(H2,16,17)(H,22,23)/b18-11-/t7-,8-/m0/s1. The summed E-state index contributed by atoms with van der Waals surface area (Å²) in [5, 5.41) is 14.4. The summed E-state index contributed by atoms with van der Waals surface area (Å²) in [6.45, 7) is 4.01. The van der Waals surface area contributed by atoms with Crippen molar-refractivity contribution < 1.29 is 32.7 Å². The van der Waals surface area contributed by atoms with Crippen molar-refractivity contribution in [2.45, 2.75) is 38.8 Å². The van der Waals surface area contributed by atoms with Crippen molar-refractivity contribution in [1.29, 1.82) is 0 Å². The molecule has 2 atom stereocenters. The molecular formula is C15H20N4O7S2. The van der Waals surface area contributed by atoms with Crippen LogP contribution in [0, 0.1) is 5.92 Å². The molecule has 11 nitrogen and oxygen atoms in total. The predicted molar refractivity (Wildman–Crippen MR) is 100 cm³/mol. The lowest BCUT2D eigenvalue weighted by atomic mass is 9.86. The van der Waals surface area contributed by atoms with Crippen molar-refractivity contribution in [3.05, 3.63) is 11.1 Å². The molecule has 0 bridgehead atoms. The quantitative estimate of drug-likeness (QED) is 0.328. The van der Waals surface area contributed by atoms with Crippen molar-refractivity contribution >= 4 is 49.9 Å². The Balaban J connectivity index is 2.26. The van der Waals surface area contributed by atoms with Gasteiger partial charge in [-0.05, 0) is 20.8 Å². The van der Waals surface area contributed by atoms with E-state index in [1.165, 1.54) is 26.2 Å². The van der Waals surface area contributed by atoms with Crippen LogP contribution in [0.5, 0.6) is 0 Å². The van der Waals surface area contributed by atoms with Crippen molar-refractivity contribution in [2.24, 2.45) is 11.1 Å². The second-order valence-corrected chi connectivity index (χ2v) is 9.54. The summed E-state index contributed by atoms with van der Waals surface area (Å²) >= 11 is 1.04. The molecule has 0 aromatic carbocycles. The van der Waals surface area contributed by atoms with Crippen LogP contribution in [0.3, 0.4) is 0 Å². The molecule has 3 N–H and O–H groups in total. The summed E-state index contributed by atoms with van der Waals surface area (Å²) in [6, 6.07) is -0.690. The number of carbonyl (C=O) groups is 3. The van der Waals surface area contributed by atoms with Gasteiger partial charge in [0.1, 0.15) is 5.69 Å². The number of oxime groups is 1. The summed E-state index contributed by atoms with van der Waals surface area (Å²) in [7, 11) is -3.72. The molecule has 0 unspecified atom stereocenters. The zero-order valence-corrected chi connectivity index (χ0v) is 17.2. The van der Waals surface area contributed by atoms with Gasteiger partial charge < -0.3 is 15.7 Å². The lowest BCUT2D eigenvalue weighted by Gasteiger charge is -2.43. The van der Waals surface area contributed by atoms with Gasteiger partial charge in [-0.1, -0.05) is 5.16 Å². The largest absolute Gasteiger partial charge is 0.478 e. The van der Waals surface area contributed by atoms with Crippen LogP contribution in [-0.2, 0) is 29.2 Å². The summed E-state index contributed by atoms with van der Waals surface area (Å²) in [4.78, 5) is 45.0. The molecule has 0 saturated carbocycles. The van der Waals surface area contributed by atoms with Crippen LogP contribution < -0.4 is 5.73 Å². The number of hydrogen-bond donors (Lipinski definition) is 2. The molecule has 1 amide bonds. The van der Waals surface area contributed by atoms with Gasteiger partial charge >= 0.3 is 5.97 Å². The molecule has 1 fully saturated rings. The normalized spacial score (nSPS) is 20.6. The number of nitrogen functional groups attached to an aromatic ring is 1. The van der Waals surface area contributed by atoms with Gasteiger partial charge in [0.2, 0.25) is 21.5 Å². The third kappa shape index (κ3) is 4.30. The molecule has 0 radical (unpaired) electrons. The first-order valence-electron chi connectivity index (χ1n) is 8.03. The van der Waals surface area contributed by atoms with Crippen molar-refractivity contribution in [3.63, 3.8) is 0 Å². The van der Waals surface area contributed by atoms with Crippen LogP contribution >= 0.6 is 11.3 Å². The number of β-lactam (4-membered cyclic amide) rings is 1. The Labute approximate surface area is 165 Å². The van der Waals surface area contributed by atoms with E-state index in [9.17, 15) is 22.8 Å². The molecular weight excluding hydrogens is 412 g/mol. The first-order valence-corrected chi connectivity index (χ1v) is 10.8. The number of carboxylic acid groups (broad SMARTS) is 1. The number of nitrogens with zero attached hydrogens (tertiary/aromatic N) is 3. The first-order chi connectivity index (χ1) is 12.8. The number of amides is 1. The Bertz CT molecular complexity index is 951. The van der Waals surface area contributed by atoms with Crippen molar-refractivity contribution in [1.82, 2.24) is 9.29 Å². The molecule has 2 heterocycles. The van der Waals surface area contributed by atoms with E-state index in [4.69, 9.17) is 15.7 Å². The summed E-state index contributed by atoms with van der Waals surface area (Å²) in [5.74, 6) is -3.49. The van der Waals surface area contributed by atoms with E-state index in [2.05, 4.69) is 10.1 Å². The van der Waals surface area contributed by atoms with Crippen LogP contribution in [0.2, 0.25) is 0 Å². The van der Waals surface area contributed by atoms with Gasteiger partial charge in [0.05, 0.1) is 18.2 Å². The highest BCUT2D eigenvalue weighted by molar-refractivity contribution is 7.89. The number of hydrogen-bond acceptors (Lipinski definition) is 10. The first kappa shape index (κ1) is 21.8. The van der Waals surface area contributed by atoms with Gasteiger partial charge in [-0.25, -0.2) is 22.5 Å². The average molecular weight is 432 g/mol. The highest BCUT2D eigenvalue weighted by atomic mass is 32.2. The average Bonchev–Trinajstić information content (AvgIpc) is 2.97. The Morgan fingerprint density at radius 1 is 1.46 bits per heavy atom. The molecule has 2 rings (SSSR count). The monoisotopic (exact) mass is 432 g/mol. The van der Waals surface area contributed by atoms with Crippen LogP contribution in [0.1, 0.15) is 32.9 Å². The van der Waals surface area contributed by atoms with Crippen LogP contribution in [0.25, 0.3) is 0 Å². The summed E-state index contributed by atoms with van der Waals surface area (Å²) in [6.07, 6.45) is 0.575. The number of rotatable bonds is 8. The van der Waals surface area contributed by atoms with E-state index in [0.29, 0.717) is 4.31 Å². The van der Waals surface area contributed by atoms with E-state index in [0.717, 1.165) is 17.6 Å². The fourth-order valence-electron chi connectivity index (χ4n) is 2.51. The molecule has 0 aliphatic carbocycles. The van der Waals surface area contributed by atoms with Gasteiger partial charge in [-0.3, -0.25) is 9.59 Å². The number of Topliss-reactive ketones (excluding diaryl/α,β-unsaturated/α-hetero) is 1. The molecule has 1 aliphatic rings. The molecule has 1 saturated heterocycles. The lowest BCUT2D eigenvalue weighted by Crippen LogP contribution is -2.61. The lowest BCUT2D eigenvalue weighted by molar-refractivity contribution is -0.161. The minimum Gasteiger partial charge on any atom is -0.478 e. The molecule has 0 spiro atoms.